The summed E-state index contributed by atoms with van der Waals surface area (Å²) >= 11 is 0. The van der Waals surface area contributed by atoms with Crippen molar-refractivity contribution in [1.82, 2.24) is 4.90 Å². The quantitative estimate of drug-likeness (QED) is 0.863. The molecule has 1 heterocycles. The Bertz CT molecular complexity index is 323. The lowest BCUT2D eigenvalue weighted by atomic mass is 9.95. The Balaban J connectivity index is 1.96. The fraction of sp³-hybridized carbons (Fsp3) is 0.600. The second-order valence-corrected chi connectivity index (χ2v) is 5.18. The number of aliphatic hydroxyl groups excluding tert-OH is 1. The van der Waals surface area contributed by atoms with Crippen molar-refractivity contribution in [1.29, 1.82) is 0 Å². The van der Waals surface area contributed by atoms with Crippen LogP contribution < -0.4 is 0 Å². The third kappa shape index (κ3) is 3.83. The zero-order valence-corrected chi connectivity index (χ0v) is 10.7. The van der Waals surface area contributed by atoms with Gasteiger partial charge in [-0.1, -0.05) is 36.8 Å². The Kier molecular flexibility index (Phi) is 4.57. The predicted octanol–water partition coefficient (Wildman–Crippen LogP) is 2.46. The normalized spacial score (nSPS) is 23.5. The lowest BCUT2D eigenvalue weighted by molar-refractivity contribution is 0.0764. The molecule has 0 bridgehead atoms. The van der Waals surface area contributed by atoms with E-state index in [1.807, 2.05) is 6.92 Å². The van der Waals surface area contributed by atoms with E-state index in [1.165, 1.54) is 24.8 Å². The molecule has 2 nitrogen and oxygen atoms in total. The summed E-state index contributed by atoms with van der Waals surface area (Å²) in [7, 11) is 0. The molecule has 1 aromatic rings. The SMILES string of the molecule is CC(O)CN1CCCCC1Cc1ccccc1. The van der Waals surface area contributed by atoms with Crippen molar-refractivity contribution >= 4 is 0 Å². The molecule has 1 aromatic carbocycles. The van der Waals surface area contributed by atoms with Gasteiger partial charge in [-0.15, -0.1) is 0 Å². The number of hydrogen-bond acceptors (Lipinski definition) is 2. The average molecular weight is 233 g/mol. The molecule has 2 heteroatoms. The van der Waals surface area contributed by atoms with Gasteiger partial charge in [-0.05, 0) is 38.3 Å². The van der Waals surface area contributed by atoms with Crippen LogP contribution in [0.3, 0.4) is 0 Å². The molecular weight excluding hydrogens is 210 g/mol. The van der Waals surface area contributed by atoms with Gasteiger partial charge >= 0.3 is 0 Å². The summed E-state index contributed by atoms with van der Waals surface area (Å²) in [5, 5.41) is 9.55. The molecule has 0 aliphatic carbocycles. The fourth-order valence-corrected chi connectivity index (χ4v) is 2.76. The molecule has 1 fully saturated rings. The summed E-state index contributed by atoms with van der Waals surface area (Å²) in [6.07, 6.45) is 4.77. The van der Waals surface area contributed by atoms with Gasteiger partial charge < -0.3 is 5.11 Å². The van der Waals surface area contributed by atoms with Gasteiger partial charge in [0.05, 0.1) is 6.10 Å². The van der Waals surface area contributed by atoms with Crippen molar-refractivity contribution in [2.45, 2.75) is 44.8 Å². The van der Waals surface area contributed by atoms with Crippen molar-refractivity contribution in [3.8, 4) is 0 Å². The molecular formula is C15H23NO. The second kappa shape index (κ2) is 6.18. The van der Waals surface area contributed by atoms with E-state index in [1.54, 1.807) is 0 Å². The van der Waals surface area contributed by atoms with Crippen LogP contribution in [0.15, 0.2) is 30.3 Å². The van der Waals surface area contributed by atoms with E-state index in [4.69, 9.17) is 0 Å². The predicted molar refractivity (Wildman–Crippen MR) is 71.0 cm³/mol. The van der Waals surface area contributed by atoms with Gasteiger partial charge in [0.15, 0.2) is 0 Å². The van der Waals surface area contributed by atoms with Gasteiger partial charge in [0.1, 0.15) is 0 Å². The highest BCUT2D eigenvalue weighted by molar-refractivity contribution is 5.16. The van der Waals surface area contributed by atoms with Crippen molar-refractivity contribution in [2.24, 2.45) is 0 Å². The van der Waals surface area contributed by atoms with E-state index in [0.717, 1.165) is 19.5 Å². The summed E-state index contributed by atoms with van der Waals surface area (Å²) in [5.74, 6) is 0. The zero-order chi connectivity index (χ0) is 12.1. The van der Waals surface area contributed by atoms with Crippen LogP contribution in [0.4, 0.5) is 0 Å². The summed E-state index contributed by atoms with van der Waals surface area (Å²) in [5.41, 5.74) is 1.41. The van der Waals surface area contributed by atoms with E-state index < -0.39 is 0 Å². The number of hydrogen-bond donors (Lipinski definition) is 1. The van der Waals surface area contributed by atoms with Crippen LogP contribution in [0.2, 0.25) is 0 Å². The van der Waals surface area contributed by atoms with Crippen LogP contribution in [0.25, 0.3) is 0 Å². The van der Waals surface area contributed by atoms with Crippen LogP contribution in [0.1, 0.15) is 31.7 Å². The van der Waals surface area contributed by atoms with E-state index in [0.29, 0.717) is 6.04 Å². The van der Waals surface area contributed by atoms with Gasteiger partial charge in [0, 0.05) is 12.6 Å². The smallest absolute Gasteiger partial charge is 0.0639 e. The first-order valence-corrected chi connectivity index (χ1v) is 6.72. The van der Waals surface area contributed by atoms with E-state index in [2.05, 4.69) is 35.2 Å². The second-order valence-electron chi connectivity index (χ2n) is 5.18. The molecule has 2 unspecified atom stereocenters. The minimum absolute atomic E-state index is 0.216. The first-order valence-electron chi connectivity index (χ1n) is 6.72. The number of aliphatic hydroxyl groups is 1. The molecule has 1 aliphatic rings. The molecule has 0 amide bonds. The van der Waals surface area contributed by atoms with Crippen LogP contribution in [0, 0.1) is 0 Å². The van der Waals surface area contributed by atoms with Gasteiger partial charge in [-0.2, -0.15) is 0 Å². The molecule has 0 spiro atoms. The number of benzene rings is 1. The Morgan fingerprint density at radius 1 is 1.29 bits per heavy atom. The van der Waals surface area contributed by atoms with Crippen LogP contribution in [0.5, 0.6) is 0 Å². The molecule has 1 aliphatic heterocycles. The first kappa shape index (κ1) is 12.6. The number of likely N-dealkylation sites (tertiary alicyclic amines) is 1. The molecule has 1 saturated heterocycles. The summed E-state index contributed by atoms with van der Waals surface area (Å²) in [4.78, 5) is 2.46. The summed E-state index contributed by atoms with van der Waals surface area (Å²) < 4.78 is 0. The fourth-order valence-electron chi connectivity index (χ4n) is 2.76. The Labute approximate surface area is 104 Å². The monoisotopic (exact) mass is 233 g/mol. The maximum atomic E-state index is 9.55. The molecule has 0 radical (unpaired) electrons. The van der Waals surface area contributed by atoms with Gasteiger partial charge in [0.2, 0.25) is 0 Å². The van der Waals surface area contributed by atoms with Crippen molar-refractivity contribution in [3.05, 3.63) is 35.9 Å². The van der Waals surface area contributed by atoms with Crippen LogP contribution in [-0.4, -0.2) is 35.2 Å². The average Bonchev–Trinajstić information content (AvgIpc) is 2.32. The Hall–Kier alpha value is -0.860. The lowest BCUT2D eigenvalue weighted by Crippen LogP contribution is -2.44. The molecule has 1 N–H and O–H groups in total. The highest BCUT2D eigenvalue weighted by Gasteiger charge is 2.23. The molecule has 17 heavy (non-hydrogen) atoms. The minimum Gasteiger partial charge on any atom is -0.392 e. The van der Waals surface area contributed by atoms with Gasteiger partial charge in [-0.25, -0.2) is 0 Å². The molecule has 2 rings (SSSR count). The highest BCUT2D eigenvalue weighted by Crippen LogP contribution is 2.20. The first-order chi connectivity index (χ1) is 8.25. The Morgan fingerprint density at radius 2 is 2.06 bits per heavy atom. The lowest BCUT2D eigenvalue weighted by Gasteiger charge is -2.36. The van der Waals surface area contributed by atoms with Crippen molar-refractivity contribution in [2.75, 3.05) is 13.1 Å². The van der Waals surface area contributed by atoms with Crippen LogP contribution >= 0.6 is 0 Å². The standard InChI is InChI=1S/C15H23NO/c1-13(17)12-16-10-6-5-9-15(16)11-14-7-3-2-4-8-14/h2-4,7-8,13,15,17H,5-6,9-12H2,1H3. The summed E-state index contributed by atoms with van der Waals surface area (Å²) in [6.45, 7) is 3.84. The molecule has 0 saturated carbocycles. The maximum Gasteiger partial charge on any atom is 0.0639 e. The van der Waals surface area contributed by atoms with Crippen molar-refractivity contribution < 1.29 is 5.11 Å². The van der Waals surface area contributed by atoms with Gasteiger partial charge in [0.25, 0.3) is 0 Å². The molecule has 2 atom stereocenters. The topological polar surface area (TPSA) is 23.5 Å². The van der Waals surface area contributed by atoms with E-state index >= 15 is 0 Å². The number of nitrogens with zero attached hydrogens (tertiary/aromatic N) is 1. The number of rotatable bonds is 4. The highest BCUT2D eigenvalue weighted by atomic mass is 16.3. The molecule has 94 valence electrons. The number of piperidine rings is 1. The summed E-state index contributed by atoms with van der Waals surface area (Å²) in [6, 6.07) is 11.3. The largest absolute Gasteiger partial charge is 0.392 e. The van der Waals surface area contributed by atoms with Crippen molar-refractivity contribution in [3.63, 3.8) is 0 Å². The molecule has 0 aromatic heterocycles. The van der Waals surface area contributed by atoms with E-state index in [-0.39, 0.29) is 6.10 Å². The third-order valence-corrected chi connectivity index (χ3v) is 3.56. The number of β-amino-alcohol motifs (C(OH)–C–C–N with tert-alkyl or cyclic N) is 1. The van der Waals surface area contributed by atoms with Crippen LogP contribution in [-0.2, 0) is 6.42 Å². The third-order valence-electron chi connectivity index (χ3n) is 3.56. The minimum atomic E-state index is -0.216. The van der Waals surface area contributed by atoms with Gasteiger partial charge in [-0.3, -0.25) is 4.90 Å². The maximum absolute atomic E-state index is 9.55. The Morgan fingerprint density at radius 3 is 2.76 bits per heavy atom. The van der Waals surface area contributed by atoms with E-state index in [9.17, 15) is 5.11 Å². The zero-order valence-electron chi connectivity index (χ0n) is 10.7.